The maximum absolute atomic E-state index is 13.3. The molecule has 1 aliphatic heterocycles. The number of fused-ring (bicyclic) bond motifs is 2. The molecular formula is C24H25FN4O. The average Bonchev–Trinajstić information content (AvgIpc) is 3.38. The van der Waals surface area contributed by atoms with E-state index in [2.05, 4.69) is 44.1 Å². The molecule has 0 unspecified atom stereocenters. The topological polar surface area (TPSA) is 64.8 Å². The quantitative estimate of drug-likeness (QED) is 0.494. The molecule has 2 aromatic carbocycles. The van der Waals surface area contributed by atoms with Crippen molar-refractivity contribution in [2.24, 2.45) is 5.92 Å². The minimum Gasteiger partial charge on any atom is -0.361 e. The second-order valence-electron chi connectivity index (χ2n) is 8.26. The van der Waals surface area contributed by atoms with E-state index in [4.69, 9.17) is 0 Å². The van der Waals surface area contributed by atoms with Crippen molar-refractivity contribution >= 4 is 27.7 Å². The smallest absolute Gasteiger partial charge is 0.136 e. The number of H-pyrrole nitrogens is 2. The van der Waals surface area contributed by atoms with Crippen LogP contribution >= 0.6 is 0 Å². The van der Waals surface area contributed by atoms with Gasteiger partial charge in [-0.15, -0.1) is 0 Å². The molecule has 1 saturated heterocycles. The molecule has 1 fully saturated rings. The van der Waals surface area contributed by atoms with Gasteiger partial charge >= 0.3 is 0 Å². The molecule has 0 bridgehead atoms. The number of carbonyl (C=O) groups is 1. The van der Waals surface area contributed by atoms with E-state index in [9.17, 15) is 9.18 Å². The number of aromatic amines is 2. The van der Waals surface area contributed by atoms with Crippen LogP contribution < -0.4 is 0 Å². The first-order chi connectivity index (χ1) is 14.6. The van der Waals surface area contributed by atoms with Gasteiger partial charge in [-0.25, -0.2) is 9.37 Å². The first-order valence-corrected chi connectivity index (χ1v) is 10.6. The number of imidazole rings is 1. The third kappa shape index (κ3) is 4.00. The molecule has 0 saturated carbocycles. The summed E-state index contributed by atoms with van der Waals surface area (Å²) in [7, 11) is 0. The summed E-state index contributed by atoms with van der Waals surface area (Å²) in [5.41, 5.74) is 3.90. The average molecular weight is 404 g/mol. The summed E-state index contributed by atoms with van der Waals surface area (Å²) in [6, 6.07) is 13.2. The third-order valence-electron chi connectivity index (χ3n) is 6.17. The van der Waals surface area contributed by atoms with E-state index in [1.54, 1.807) is 6.07 Å². The highest BCUT2D eigenvalue weighted by Gasteiger charge is 2.25. The Hall–Kier alpha value is -2.99. The Morgan fingerprint density at radius 1 is 1.10 bits per heavy atom. The van der Waals surface area contributed by atoms with Crippen molar-refractivity contribution in [3.63, 3.8) is 0 Å². The van der Waals surface area contributed by atoms with Gasteiger partial charge in [0.2, 0.25) is 0 Å². The van der Waals surface area contributed by atoms with Crippen LogP contribution in [0.15, 0.2) is 48.7 Å². The predicted molar refractivity (Wildman–Crippen MR) is 116 cm³/mol. The summed E-state index contributed by atoms with van der Waals surface area (Å²) < 4.78 is 13.3. The zero-order chi connectivity index (χ0) is 20.5. The fraction of sp³-hybridized carbons (Fsp3) is 0.333. The second-order valence-corrected chi connectivity index (χ2v) is 8.26. The standard InChI is InChI=1S/C24H25FN4O/c25-19-2-4-21-22(14-19)28-24(27-21)6-5-23(30)17-8-11-29(12-9-17)15-16-1-3-20-18(13-16)7-10-26-20/h1-4,7,10,13-14,17,26H,5-6,8-9,11-12,15H2,(H,27,28). The van der Waals surface area contributed by atoms with Crippen molar-refractivity contribution in [1.82, 2.24) is 19.9 Å². The van der Waals surface area contributed by atoms with Crippen LogP contribution in [0.1, 0.15) is 30.7 Å². The summed E-state index contributed by atoms with van der Waals surface area (Å²) in [4.78, 5) is 26.0. The van der Waals surface area contributed by atoms with Crippen LogP contribution in [0.2, 0.25) is 0 Å². The first kappa shape index (κ1) is 19.0. The van der Waals surface area contributed by atoms with Crippen LogP contribution in [0.3, 0.4) is 0 Å². The minimum atomic E-state index is -0.284. The van der Waals surface area contributed by atoms with Gasteiger partial charge in [0.05, 0.1) is 11.0 Å². The number of carbonyl (C=O) groups excluding carboxylic acids is 1. The lowest BCUT2D eigenvalue weighted by molar-refractivity contribution is -0.124. The molecule has 5 nitrogen and oxygen atoms in total. The van der Waals surface area contributed by atoms with Crippen molar-refractivity contribution < 1.29 is 9.18 Å². The van der Waals surface area contributed by atoms with Gasteiger partial charge in [-0.1, -0.05) is 6.07 Å². The number of halogens is 1. The van der Waals surface area contributed by atoms with Crippen molar-refractivity contribution in [1.29, 1.82) is 0 Å². The summed E-state index contributed by atoms with van der Waals surface area (Å²) in [5, 5.41) is 1.24. The lowest BCUT2D eigenvalue weighted by atomic mass is 9.90. The van der Waals surface area contributed by atoms with Gasteiger partial charge < -0.3 is 9.97 Å². The number of hydrogen-bond acceptors (Lipinski definition) is 3. The third-order valence-corrected chi connectivity index (χ3v) is 6.17. The van der Waals surface area contributed by atoms with E-state index in [0.717, 1.165) is 49.3 Å². The number of likely N-dealkylation sites (tertiary alicyclic amines) is 1. The largest absolute Gasteiger partial charge is 0.361 e. The number of ketones is 1. The first-order valence-electron chi connectivity index (χ1n) is 10.6. The Balaban J connectivity index is 1.12. The van der Waals surface area contributed by atoms with E-state index >= 15 is 0 Å². The molecular weight excluding hydrogens is 379 g/mol. The molecule has 0 atom stereocenters. The Labute approximate surface area is 174 Å². The van der Waals surface area contributed by atoms with Gasteiger partial charge in [-0.3, -0.25) is 9.69 Å². The van der Waals surface area contributed by atoms with Gasteiger partial charge in [-0.2, -0.15) is 0 Å². The molecule has 2 aromatic heterocycles. The summed E-state index contributed by atoms with van der Waals surface area (Å²) >= 11 is 0. The van der Waals surface area contributed by atoms with E-state index in [1.807, 2.05) is 6.20 Å². The number of nitrogens with one attached hydrogen (secondary N) is 2. The second kappa shape index (κ2) is 8.03. The van der Waals surface area contributed by atoms with Crippen LogP contribution in [0, 0.1) is 11.7 Å². The number of aromatic nitrogens is 3. The molecule has 0 amide bonds. The zero-order valence-corrected chi connectivity index (χ0v) is 16.8. The highest BCUT2D eigenvalue weighted by atomic mass is 19.1. The number of aryl methyl sites for hydroxylation is 1. The van der Waals surface area contributed by atoms with Crippen molar-refractivity contribution in [3.05, 3.63) is 65.9 Å². The number of benzene rings is 2. The van der Waals surface area contributed by atoms with Gasteiger partial charge in [-0.05, 0) is 73.3 Å². The molecule has 1 aliphatic rings. The van der Waals surface area contributed by atoms with Crippen LogP contribution in [0.5, 0.6) is 0 Å². The van der Waals surface area contributed by atoms with Gasteiger partial charge in [0.15, 0.2) is 0 Å². The normalized spacial score (nSPS) is 15.9. The zero-order valence-electron chi connectivity index (χ0n) is 16.8. The Kier molecular flexibility index (Phi) is 5.09. The molecule has 30 heavy (non-hydrogen) atoms. The van der Waals surface area contributed by atoms with Crippen LogP contribution in [0.25, 0.3) is 21.9 Å². The summed E-state index contributed by atoms with van der Waals surface area (Å²) in [6.07, 6.45) is 4.85. The Morgan fingerprint density at radius 3 is 2.83 bits per heavy atom. The molecule has 4 aromatic rings. The number of nitrogens with zero attached hydrogens (tertiary/aromatic N) is 2. The Morgan fingerprint density at radius 2 is 1.97 bits per heavy atom. The van der Waals surface area contributed by atoms with E-state index < -0.39 is 0 Å². The highest BCUT2D eigenvalue weighted by molar-refractivity contribution is 5.82. The number of rotatable bonds is 6. The lowest BCUT2D eigenvalue weighted by Crippen LogP contribution is -2.36. The Bertz CT molecular complexity index is 1190. The van der Waals surface area contributed by atoms with E-state index in [-0.39, 0.29) is 11.7 Å². The maximum atomic E-state index is 13.3. The number of piperidine rings is 1. The number of Topliss-reactive ketones (excluding diaryl/α,β-unsaturated/α-hetero) is 1. The van der Waals surface area contributed by atoms with Crippen LogP contribution in [-0.4, -0.2) is 38.7 Å². The molecule has 6 heteroatoms. The summed E-state index contributed by atoms with van der Waals surface area (Å²) in [5.74, 6) is 0.917. The molecule has 0 spiro atoms. The highest BCUT2D eigenvalue weighted by Crippen LogP contribution is 2.23. The fourth-order valence-electron chi connectivity index (χ4n) is 4.47. The van der Waals surface area contributed by atoms with Gasteiger partial charge in [0.25, 0.3) is 0 Å². The van der Waals surface area contributed by atoms with Crippen LogP contribution in [0.4, 0.5) is 4.39 Å². The van der Waals surface area contributed by atoms with Gasteiger partial charge in [0, 0.05) is 37.0 Å². The molecule has 5 rings (SSSR count). The predicted octanol–water partition coefficient (Wildman–Crippen LogP) is 4.60. The molecule has 0 aliphatic carbocycles. The van der Waals surface area contributed by atoms with E-state index in [0.29, 0.717) is 24.1 Å². The van der Waals surface area contributed by atoms with Crippen molar-refractivity contribution in [2.75, 3.05) is 13.1 Å². The van der Waals surface area contributed by atoms with Gasteiger partial charge in [0.1, 0.15) is 17.4 Å². The molecule has 0 radical (unpaired) electrons. The fourth-order valence-corrected chi connectivity index (χ4v) is 4.47. The number of hydrogen-bond donors (Lipinski definition) is 2. The molecule has 154 valence electrons. The van der Waals surface area contributed by atoms with Crippen LogP contribution in [-0.2, 0) is 17.8 Å². The van der Waals surface area contributed by atoms with E-state index in [1.165, 1.54) is 23.1 Å². The molecule has 3 heterocycles. The van der Waals surface area contributed by atoms with Crippen molar-refractivity contribution in [2.45, 2.75) is 32.2 Å². The lowest BCUT2D eigenvalue weighted by Gasteiger charge is -2.31. The maximum Gasteiger partial charge on any atom is 0.136 e. The SMILES string of the molecule is O=C(CCc1nc2ccc(F)cc2[nH]1)C1CCN(Cc2ccc3[nH]ccc3c2)CC1. The van der Waals surface area contributed by atoms with Crippen molar-refractivity contribution in [3.8, 4) is 0 Å². The minimum absolute atomic E-state index is 0.134. The monoisotopic (exact) mass is 404 g/mol. The summed E-state index contributed by atoms with van der Waals surface area (Å²) in [6.45, 7) is 2.83. The molecule has 2 N–H and O–H groups in total.